The third-order valence-corrected chi connectivity index (χ3v) is 3.54. The van der Waals surface area contributed by atoms with Crippen molar-refractivity contribution in [2.45, 2.75) is 33.9 Å². The summed E-state index contributed by atoms with van der Waals surface area (Å²) in [5.74, 6) is 0. The minimum atomic E-state index is -4.56. The summed E-state index contributed by atoms with van der Waals surface area (Å²) in [4.78, 5) is 15.9. The van der Waals surface area contributed by atoms with Crippen molar-refractivity contribution in [2.24, 2.45) is 5.41 Å². The SMILES string of the molecule is CCN(CC(C)(C)C)c1ccc2[nH]c(=O)cc(C(F)(F)F)c2c1. The second kappa shape index (κ2) is 5.91. The number of alkyl halides is 3. The molecule has 1 aromatic heterocycles. The topological polar surface area (TPSA) is 36.1 Å². The van der Waals surface area contributed by atoms with Gasteiger partial charge in [-0.2, -0.15) is 13.2 Å². The third-order valence-electron chi connectivity index (χ3n) is 3.54. The number of H-pyrrole nitrogens is 1. The van der Waals surface area contributed by atoms with Crippen LogP contribution in [0.25, 0.3) is 10.9 Å². The molecular formula is C17H21F3N2O. The number of nitrogens with one attached hydrogen (secondary N) is 1. The number of fused-ring (bicyclic) bond motifs is 1. The second-order valence-corrected chi connectivity index (χ2v) is 6.85. The number of hydrogen-bond acceptors (Lipinski definition) is 2. The summed E-state index contributed by atoms with van der Waals surface area (Å²) in [6.45, 7) is 9.61. The van der Waals surface area contributed by atoms with Gasteiger partial charge in [-0.1, -0.05) is 20.8 Å². The molecule has 0 spiro atoms. The van der Waals surface area contributed by atoms with E-state index >= 15 is 0 Å². The van der Waals surface area contributed by atoms with Crippen LogP contribution in [0, 0.1) is 5.41 Å². The number of pyridine rings is 1. The molecule has 6 heteroatoms. The highest BCUT2D eigenvalue weighted by Gasteiger charge is 2.33. The first-order valence-electron chi connectivity index (χ1n) is 7.50. The Kier molecular flexibility index (Phi) is 4.46. The van der Waals surface area contributed by atoms with Crippen molar-refractivity contribution in [2.75, 3.05) is 18.0 Å². The van der Waals surface area contributed by atoms with E-state index in [4.69, 9.17) is 0 Å². The minimum Gasteiger partial charge on any atom is -0.371 e. The van der Waals surface area contributed by atoms with Crippen LogP contribution in [0.2, 0.25) is 0 Å². The van der Waals surface area contributed by atoms with Crippen LogP contribution in [-0.4, -0.2) is 18.1 Å². The van der Waals surface area contributed by atoms with Crippen molar-refractivity contribution >= 4 is 16.6 Å². The molecule has 0 saturated heterocycles. The molecule has 2 aromatic rings. The van der Waals surface area contributed by atoms with E-state index in [9.17, 15) is 18.0 Å². The number of anilines is 1. The van der Waals surface area contributed by atoms with Crippen LogP contribution in [0.3, 0.4) is 0 Å². The van der Waals surface area contributed by atoms with Crippen molar-refractivity contribution in [3.63, 3.8) is 0 Å². The summed E-state index contributed by atoms with van der Waals surface area (Å²) in [5, 5.41) is 0.0157. The van der Waals surface area contributed by atoms with E-state index in [1.807, 2.05) is 11.8 Å². The van der Waals surface area contributed by atoms with Gasteiger partial charge in [-0.25, -0.2) is 0 Å². The van der Waals surface area contributed by atoms with E-state index in [1.165, 1.54) is 12.1 Å². The molecule has 1 heterocycles. The number of hydrogen-bond donors (Lipinski definition) is 1. The molecule has 3 nitrogen and oxygen atoms in total. The molecule has 0 bridgehead atoms. The van der Waals surface area contributed by atoms with Gasteiger partial charge in [0, 0.05) is 35.7 Å². The van der Waals surface area contributed by atoms with Crippen LogP contribution >= 0.6 is 0 Å². The Morgan fingerprint density at radius 1 is 1.13 bits per heavy atom. The molecule has 0 unspecified atom stereocenters. The van der Waals surface area contributed by atoms with Crippen molar-refractivity contribution in [1.82, 2.24) is 4.98 Å². The lowest BCUT2D eigenvalue weighted by atomic mass is 9.95. The highest BCUT2D eigenvalue weighted by Crippen LogP contribution is 2.35. The van der Waals surface area contributed by atoms with E-state index < -0.39 is 17.3 Å². The lowest BCUT2D eigenvalue weighted by Crippen LogP contribution is -2.32. The van der Waals surface area contributed by atoms with Crippen molar-refractivity contribution < 1.29 is 13.2 Å². The maximum atomic E-state index is 13.2. The largest absolute Gasteiger partial charge is 0.417 e. The van der Waals surface area contributed by atoms with Gasteiger partial charge in [0.15, 0.2) is 0 Å². The number of aromatic amines is 1. The number of aromatic nitrogens is 1. The predicted octanol–water partition coefficient (Wildman–Crippen LogP) is 4.42. The molecule has 0 atom stereocenters. The lowest BCUT2D eigenvalue weighted by Gasteiger charge is -2.31. The first-order chi connectivity index (χ1) is 10.5. The molecule has 0 aliphatic heterocycles. The van der Waals surface area contributed by atoms with Gasteiger partial charge in [0.05, 0.1) is 5.56 Å². The van der Waals surface area contributed by atoms with E-state index in [1.54, 1.807) is 6.07 Å². The van der Waals surface area contributed by atoms with E-state index in [2.05, 4.69) is 25.8 Å². The van der Waals surface area contributed by atoms with Gasteiger partial charge in [-0.15, -0.1) is 0 Å². The summed E-state index contributed by atoms with van der Waals surface area (Å²) in [7, 11) is 0. The average Bonchev–Trinajstić information content (AvgIpc) is 2.41. The quantitative estimate of drug-likeness (QED) is 0.906. The normalized spacial score (nSPS) is 12.7. The van der Waals surface area contributed by atoms with E-state index in [0.29, 0.717) is 18.3 Å². The van der Waals surface area contributed by atoms with E-state index in [-0.39, 0.29) is 16.3 Å². The fraction of sp³-hybridized carbons (Fsp3) is 0.471. The molecule has 1 aromatic carbocycles. The van der Waals surface area contributed by atoms with Crippen LogP contribution in [0.5, 0.6) is 0 Å². The molecule has 23 heavy (non-hydrogen) atoms. The Balaban J connectivity index is 2.61. The minimum absolute atomic E-state index is 0.0157. The average molecular weight is 326 g/mol. The summed E-state index contributed by atoms with van der Waals surface area (Å²) in [6.07, 6.45) is -4.56. The first kappa shape index (κ1) is 17.4. The van der Waals surface area contributed by atoms with Gasteiger partial charge >= 0.3 is 6.18 Å². The van der Waals surface area contributed by atoms with Crippen LogP contribution in [-0.2, 0) is 6.18 Å². The highest BCUT2D eigenvalue weighted by atomic mass is 19.4. The Morgan fingerprint density at radius 2 is 1.78 bits per heavy atom. The summed E-state index contributed by atoms with van der Waals surface area (Å²) >= 11 is 0. The molecule has 126 valence electrons. The van der Waals surface area contributed by atoms with Crippen molar-refractivity contribution in [1.29, 1.82) is 0 Å². The zero-order valence-corrected chi connectivity index (χ0v) is 13.7. The summed E-state index contributed by atoms with van der Waals surface area (Å²) in [5.41, 5.74) is -0.722. The smallest absolute Gasteiger partial charge is 0.371 e. The molecule has 2 rings (SSSR count). The highest BCUT2D eigenvalue weighted by molar-refractivity contribution is 5.86. The van der Waals surface area contributed by atoms with Gasteiger partial charge in [-0.05, 0) is 30.5 Å². The van der Waals surface area contributed by atoms with Gasteiger partial charge in [-0.3, -0.25) is 4.79 Å². The van der Waals surface area contributed by atoms with Crippen LogP contribution in [0.15, 0.2) is 29.1 Å². The molecule has 0 radical (unpaired) electrons. The Morgan fingerprint density at radius 3 is 2.30 bits per heavy atom. The van der Waals surface area contributed by atoms with Crippen LogP contribution < -0.4 is 10.5 Å². The van der Waals surface area contributed by atoms with Gasteiger partial charge in [0.2, 0.25) is 5.56 Å². The molecule has 0 fully saturated rings. The predicted molar refractivity (Wildman–Crippen MR) is 86.9 cm³/mol. The number of halogens is 3. The van der Waals surface area contributed by atoms with Crippen LogP contribution in [0.4, 0.5) is 18.9 Å². The Hall–Kier alpha value is -1.98. The van der Waals surface area contributed by atoms with Crippen molar-refractivity contribution in [3.8, 4) is 0 Å². The summed E-state index contributed by atoms with van der Waals surface area (Å²) in [6, 6.07) is 5.40. The maximum absolute atomic E-state index is 13.2. The Labute approximate surface area is 133 Å². The van der Waals surface area contributed by atoms with E-state index in [0.717, 1.165) is 6.54 Å². The second-order valence-electron chi connectivity index (χ2n) is 6.85. The zero-order chi connectivity index (χ0) is 17.4. The molecule has 0 amide bonds. The number of nitrogens with zero attached hydrogens (tertiary/aromatic N) is 1. The maximum Gasteiger partial charge on any atom is 0.417 e. The fourth-order valence-electron chi connectivity index (χ4n) is 2.63. The molecule has 1 N–H and O–H groups in total. The molecular weight excluding hydrogens is 305 g/mol. The van der Waals surface area contributed by atoms with Crippen molar-refractivity contribution in [3.05, 3.63) is 40.2 Å². The first-order valence-corrected chi connectivity index (χ1v) is 7.50. The van der Waals surface area contributed by atoms with Gasteiger partial charge in [0.1, 0.15) is 0 Å². The fourth-order valence-corrected chi connectivity index (χ4v) is 2.63. The monoisotopic (exact) mass is 326 g/mol. The lowest BCUT2D eigenvalue weighted by molar-refractivity contribution is -0.136. The van der Waals surface area contributed by atoms with Gasteiger partial charge < -0.3 is 9.88 Å². The Bertz CT molecular complexity index is 757. The third kappa shape index (κ3) is 4.06. The summed E-state index contributed by atoms with van der Waals surface area (Å²) < 4.78 is 39.7. The standard InChI is InChI=1S/C17H21F3N2O/c1-5-22(10-16(2,3)4)11-6-7-14-12(8-11)13(17(18,19)20)9-15(23)21-14/h6-9H,5,10H2,1-4H3,(H,21,23). The van der Waals surface area contributed by atoms with Crippen LogP contribution in [0.1, 0.15) is 33.3 Å². The number of benzene rings is 1. The molecule has 0 aliphatic carbocycles. The molecule has 0 aliphatic rings. The van der Waals surface area contributed by atoms with Gasteiger partial charge in [0.25, 0.3) is 0 Å². The number of rotatable bonds is 3. The zero-order valence-electron chi connectivity index (χ0n) is 13.7. The molecule has 0 saturated carbocycles.